The van der Waals surface area contributed by atoms with Crippen LogP contribution in [0.15, 0.2) is 113 Å². The molecule has 0 amide bonds. The molecule has 2 unspecified atom stereocenters. The summed E-state index contributed by atoms with van der Waals surface area (Å²) < 4.78 is 4.68. The van der Waals surface area contributed by atoms with Gasteiger partial charge in [-0.25, -0.2) is 0 Å². The van der Waals surface area contributed by atoms with Gasteiger partial charge in [0, 0.05) is 0 Å². The van der Waals surface area contributed by atoms with Crippen molar-refractivity contribution >= 4 is 0 Å². The van der Waals surface area contributed by atoms with Gasteiger partial charge in [0.15, 0.2) is 0 Å². The van der Waals surface area contributed by atoms with Crippen LogP contribution in [0.25, 0.3) is 0 Å². The molecule has 0 fully saturated rings. The van der Waals surface area contributed by atoms with E-state index >= 15 is 0 Å². The molecule has 0 spiro atoms. The van der Waals surface area contributed by atoms with E-state index in [1.54, 1.807) is 27.8 Å². The third kappa shape index (κ3) is 5.13. The fourth-order valence-corrected chi connectivity index (χ4v) is 17.2. The summed E-state index contributed by atoms with van der Waals surface area (Å²) in [7, 11) is 0. The molecule has 5 rings (SSSR count). The zero-order chi connectivity index (χ0) is 25.0. The minimum atomic E-state index is -2.64. The fourth-order valence-electron chi connectivity index (χ4n) is 7.69. The number of hydrogen-bond acceptors (Lipinski definition) is 0. The van der Waals surface area contributed by atoms with Crippen molar-refractivity contribution in [2.75, 3.05) is 0 Å². The van der Waals surface area contributed by atoms with Gasteiger partial charge in [-0.05, 0) is 0 Å². The number of allylic oxidation sites excluding steroid dienone is 4. The Morgan fingerprint density at radius 2 is 1.17 bits per heavy atom. The van der Waals surface area contributed by atoms with Crippen LogP contribution in [-0.4, -0.2) is 0 Å². The van der Waals surface area contributed by atoms with Crippen molar-refractivity contribution in [3.05, 3.63) is 130 Å². The van der Waals surface area contributed by atoms with Gasteiger partial charge in [-0.2, -0.15) is 0 Å². The van der Waals surface area contributed by atoms with Crippen molar-refractivity contribution in [1.82, 2.24) is 0 Å². The van der Waals surface area contributed by atoms with Crippen LogP contribution in [0.2, 0.25) is 4.22 Å². The molecule has 3 aromatic carbocycles. The quantitative estimate of drug-likeness (QED) is 0.251. The predicted molar refractivity (Wildman–Crippen MR) is 152 cm³/mol. The van der Waals surface area contributed by atoms with Crippen LogP contribution in [0.4, 0.5) is 0 Å². The fraction of sp³-hybridized carbons (Fsp3) is 0.371. The van der Waals surface area contributed by atoms with Crippen LogP contribution >= 0.6 is 0 Å². The van der Waals surface area contributed by atoms with Crippen LogP contribution in [0, 0.1) is 5.92 Å². The third-order valence-electron chi connectivity index (χ3n) is 9.09. The van der Waals surface area contributed by atoms with Crippen molar-refractivity contribution in [2.24, 2.45) is 5.92 Å². The van der Waals surface area contributed by atoms with Crippen molar-refractivity contribution in [3.8, 4) is 0 Å². The average molecular weight is 511 g/mol. The van der Waals surface area contributed by atoms with Gasteiger partial charge < -0.3 is 0 Å². The van der Waals surface area contributed by atoms with Crippen LogP contribution < -0.4 is 0 Å². The van der Waals surface area contributed by atoms with Gasteiger partial charge in [-0.1, -0.05) is 0 Å². The van der Waals surface area contributed by atoms with E-state index in [0.717, 1.165) is 4.22 Å². The summed E-state index contributed by atoms with van der Waals surface area (Å²) in [6.45, 7) is 7.30. The first-order valence-corrected chi connectivity index (χ1v) is 18.4. The molecule has 0 aromatic heterocycles. The second-order valence-corrected chi connectivity index (χ2v) is 18.2. The molecule has 2 atom stereocenters. The first-order chi connectivity index (χ1) is 17.6. The van der Waals surface area contributed by atoms with E-state index in [1.807, 2.05) is 11.1 Å². The van der Waals surface area contributed by atoms with Gasteiger partial charge in [0.25, 0.3) is 0 Å². The summed E-state index contributed by atoms with van der Waals surface area (Å²) in [6.07, 6.45) is 6.56. The zero-order valence-electron chi connectivity index (χ0n) is 22.5. The number of benzene rings is 3. The molecule has 36 heavy (non-hydrogen) atoms. The SMILES string of the molecule is CCC1=C(C)C2=C(CCC[CH]2[Ti]([CH2]c2ccccc2)([CH2]c2ccccc2)[CH2]c2ccccc2)C1CC. The Hall–Kier alpha value is -2.15. The molecule has 0 nitrogen and oxygen atoms in total. The number of rotatable bonds is 9. The second kappa shape index (κ2) is 11.5. The van der Waals surface area contributed by atoms with E-state index in [9.17, 15) is 0 Å². The van der Waals surface area contributed by atoms with Gasteiger partial charge in [0.2, 0.25) is 0 Å². The van der Waals surface area contributed by atoms with Crippen molar-refractivity contribution in [2.45, 2.75) is 71.3 Å². The molecule has 186 valence electrons. The topological polar surface area (TPSA) is 0 Å². The molecule has 2 aliphatic rings. The monoisotopic (exact) mass is 510 g/mol. The molecule has 1 heteroatoms. The normalized spacial score (nSPS) is 20.1. The standard InChI is InChI=1S/C14H21.3C7H7.Ti/c1-4-11-10(3)13-8-6-7-9-14(13)12(11)5-2;3*1-7-5-3-2-4-6-7;/h8,12H,4-7,9H2,1-3H3;3*2-6H,1H2;. The molecule has 0 aliphatic heterocycles. The van der Waals surface area contributed by atoms with Crippen LogP contribution in [-0.2, 0) is 30.8 Å². The molecule has 0 saturated carbocycles. The molecular weight excluding hydrogens is 468 g/mol. The average Bonchev–Trinajstić information content (AvgIpc) is 3.21. The Labute approximate surface area is 222 Å². The Balaban J connectivity index is 1.69. The maximum absolute atomic E-state index is 2.64. The van der Waals surface area contributed by atoms with Gasteiger partial charge in [-0.3, -0.25) is 0 Å². The Kier molecular flexibility index (Phi) is 8.14. The van der Waals surface area contributed by atoms with E-state index < -0.39 is 16.6 Å². The first-order valence-electron chi connectivity index (χ1n) is 14.2. The van der Waals surface area contributed by atoms with E-state index in [4.69, 9.17) is 0 Å². The summed E-state index contributed by atoms with van der Waals surface area (Å²) in [4.78, 5) is 0. The van der Waals surface area contributed by atoms with Gasteiger partial charge in [0.05, 0.1) is 0 Å². The van der Waals surface area contributed by atoms with Gasteiger partial charge in [0.1, 0.15) is 0 Å². The van der Waals surface area contributed by atoms with Gasteiger partial charge in [-0.15, -0.1) is 0 Å². The zero-order valence-corrected chi connectivity index (χ0v) is 24.0. The number of hydrogen-bond donors (Lipinski definition) is 0. The van der Waals surface area contributed by atoms with Gasteiger partial charge >= 0.3 is 224 Å². The second-order valence-electron chi connectivity index (χ2n) is 11.2. The molecule has 3 aromatic rings. The molecule has 2 aliphatic carbocycles. The Bertz CT molecular complexity index is 1100. The third-order valence-corrected chi connectivity index (χ3v) is 17.5. The summed E-state index contributed by atoms with van der Waals surface area (Å²) in [6, 6.07) is 34.4. The maximum atomic E-state index is 2.49. The van der Waals surface area contributed by atoms with Crippen LogP contribution in [0.1, 0.15) is 69.6 Å². The summed E-state index contributed by atoms with van der Waals surface area (Å²) in [5.74, 6) is 0.707. The summed E-state index contributed by atoms with van der Waals surface area (Å²) in [5, 5.41) is 0. The van der Waals surface area contributed by atoms with E-state index in [0.29, 0.717) is 5.92 Å². The van der Waals surface area contributed by atoms with Crippen molar-refractivity contribution in [3.63, 3.8) is 0 Å². The van der Waals surface area contributed by atoms with E-state index in [1.165, 1.54) is 46.3 Å². The predicted octanol–water partition coefficient (Wildman–Crippen LogP) is 9.78. The minimum absolute atomic E-state index is 0.707. The summed E-state index contributed by atoms with van der Waals surface area (Å²) >= 11 is -2.64. The molecule has 0 N–H and O–H groups in total. The van der Waals surface area contributed by atoms with Crippen molar-refractivity contribution in [1.29, 1.82) is 0 Å². The Morgan fingerprint density at radius 1 is 0.694 bits per heavy atom. The van der Waals surface area contributed by atoms with Crippen LogP contribution in [0.3, 0.4) is 0 Å². The molecular formula is C35H42Ti. The molecule has 0 heterocycles. The van der Waals surface area contributed by atoms with Crippen molar-refractivity contribution < 1.29 is 16.6 Å². The Morgan fingerprint density at radius 3 is 1.58 bits per heavy atom. The summed E-state index contributed by atoms with van der Waals surface area (Å²) in [5.41, 5.74) is 11.8. The molecule has 0 bridgehead atoms. The molecule has 0 radical (unpaired) electrons. The molecule has 0 saturated heterocycles. The van der Waals surface area contributed by atoms with Crippen LogP contribution in [0.5, 0.6) is 0 Å². The first kappa shape index (κ1) is 25.5. The van der Waals surface area contributed by atoms with E-state index in [-0.39, 0.29) is 0 Å². The van der Waals surface area contributed by atoms with E-state index in [2.05, 4.69) is 112 Å².